The first-order valence-electron chi connectivity index (χ1n) is 7.00. The highest BCUT2D eigenvalue weighted by Gasteiger charge is 2.15. The van der Waals surface area contributed by atoms with Gasteiger partial charge in [-0.1, -0.05) is 35.0 Å². The van der Waals surface area contributed by atoms with E-state index in [1.807, 2.05) is 53.4 Å². The van der Waals surface area contributed by atoms with Gasteiger partial charge in [-0.05, 0) is 48.4 Å². The number of amides is 1. The molecule has 2 aromatic rings. The Bertz CT molecular complexity index is 593. The van der Waals surface area contributed by atoms with Crippen LogP contribution in [-0.2, 0) is 11.2 Å². The molecule has 21 heavy (non-hydrogen) atoms. The van der Waals surface area contributed by atoms with Crippen molar-refractivity contribution in [2.75, 3.05) is 17.2 Å². The van der Waals surface area contributed by atoms with Crippen LogP contribution in [0, 0.1) is 0 Å². The third-order valence-corrected chi connectivity index (χ3v) is 3.75. The lowest BCUT2D eigenvalue weighted by atomic mass is 10.1. The summed E-state index contributed by atoms with van der Waals surface area (Å²) in [6, 6.07) is 15.3. The molecule has 0 aliphatic carbocycles. The molecule has 0 spiro atoms. The summed E-state index contributed by atoms with van der Waals surface area (Å²) in [5.41, 5.74) is 8.32. The molecule has 3 nitrogen and oxygen atoms in total. The van der Waals surface area contributed by atoms with E-state index in [2.05, 4.69) is 22.9 Å². The Morgan fingerprint density at radius 3 is 2.29 bits per heavy atom. The summed E-state index contributed by atoms with van der Waals surface area (Å²) in [6.07, 6.45) is 1.31. The first-order chi connectivity index (χ1) is 10.1. The molecule has 0 unspecified atom stereocenters. The molecule has 2 rings (SSSR count). The van der Waals surface area contributed by atoms with Crippen LogP contribution < -0.4 is 10.6 Å². The fourth-order valence-corrected chi connectivity index (χ4v) is 2.41. The number of nitrogens with two attached hydrogens (primary N) is 1. The summed E-state index contributed by atoms with van der Waals surface area (Å²) in [4.78, 5) is 14.4. The van der Waals surface area contributed by atoms with E-state index in [4.69, 9.17) is 5.73 Å². The monoisotopic (exact) mass is 346 g/mol. The average molecular weight is 347 g/mol. The van der Waals surface area contributed by atoms with Crippen LogP contribution in [0.25, 0.3) is 0 Å². The maximum Gasteiger partial charge on any atom is 0.231 e. The number of anilines is 2. The van der Waals surface area contributed by atoms with E-state index in [1.54, 1.807) is 0 Å². The van der Waals surface area contributed by atoms with Crippen molar-refractivity contribution in [3.05, 3.63) is 58.6 Å². The van der Waals surface area contributed by atoms with Crippen LogP contribution in [0.4, 0.5) is 11.4 Å². The Labute approximate surface area is 133 Å². The second kappa shape index (κ2) is 7.27. The minimum Gasteiger partial charge on any atom is -0.399 e. The molecule has 2 aromatic carbocycles. The van der Waals surface area contributed by atoms with Crippen LogP contribution in [0.15, 0.2) is 53.0 Å². The van der Waals surface area contributed by atoms with Crippen molar-refractivity contribution in [3.8, 4) is 0 Å². The van der Waals surface area contributed by atoms with Gasteiger partial charge in [0.25, 0.3) is 0 Å². The van der Waals surface area contributed by atoms with Gasteiger partial charge in [-0.25, -0.2) is 0 Å². The second-order valence-corrected chi connectivity index (χ2v) is 5.86. The van der Waals surface area contributed by atoms with E-state index in [1.165, 1.54) is 0 Å². The molecule has 0 atom stereocenters. The molecule has 4 heteroatoms. The lowest BCUT2D eigenvalue weighted by Gasteiger charge is -2.22. The molecule has 1 amide bonds. The highest BCUT2D eigenvalue weighted by Crippen LogP contribution is 2.19. The Morgan fingerprint density at radius 1 is 1.10 bits per heavy atom. The summed E-state index contributed by atoms with van der Waals surface area (Å²) >= 11 is 3.40. The molecular weight excluding hydrogens is 328 g/mol. The van der Waals surface area contributed by atoms with Gasteiger partial charge < -0.3 is 10.6 Å². The molecule has 2 N–H and O–H groups in total. The van der Waals surface area contributed by atoms with Crippen LogP contribution in [0.1, 0.15) is 18.9 Å². The fraction of sp³-hybridized carbons (Fsp3) is 0.235. The number of nitrogens with zero attached hydrogens (tertiary/aromatic N) is 1. The van der Waals surface area contributed by atoms with Crippen molar-refractivity contribution in [1.29, 1.82) is 0 Å². The van der Waals surface area contributed by atoms with Gasteiger partial charge in [0.15, 0.2) is 0 Å². The van der Waals surface area contributed by atoms with Gasteiger partial charge >= 0.3 is 0 Å². The number of carbonyl (C=O) groups is 1. The smallest absolute Gasteiger partial charge is 0.231 e. The molecular formula is C17H19BrN2O. The standard InChI is InChI=1S/C17H19BrN2O/c1-2-11-20(16-9-7-15(19)8-10-16)17(21)12-13-3-5-14(18)6-4-13/h3-10H,2,11-12,19H2,1H3. The van der Waals surface area contributed by atoms with Crippen molar-refractivity contribution in [3.63, 3.8) is 0 Å². The zero-order valence-electron chi connectivity index (χ0n) is 12.1. The van der Waals surface area contributed by atoms with E-state index >= 15 is 0 Å². The lowest BCUT2D eigenvalue weighted by molar-refractivity contribution is -0.118. The average Bonchev–Trinajstić information content (AvgIpc) is 2.48. The van der Waals surface area contributed by atoms with E-state index in [0.29, 0.717) is 18.7 Å². The van der Waals surface area contributed by atoms with Crippen molar-refractivity contribution >= 4 is 33.2 Å². The highest BCUT2D eigenvalue weighted by atomic mass is 79.9. The number of rotatable bonds is 5. The van der Waals surface area contributed by atoms with Crippen molar-refractivity contribution in [2.24, 2.45) is 0 Å². The van der Waals surface area contributed by atoms with Gasteiger partial charge in [-0.2, -0.15) is 0 Å². The van der Waals surface area contributed by atoms with Crippen molar-refractivity contribution < 1.29 is 4.79 Å². The highest BCUT2D eigenvalue weighted by molar-refractivity contribution is 9.10. The largest absolute Gasteiger partial charge is 0.399 e. The van der Waals surface area contributed by atoms with Crippen LogP contribution >= 0.6 is 15.9 Å². The van der Waals surface area contributed by atoms with Gasteiger partial charge in [-0.15, -0.1) is 0 Å². The third-order valence-electron chi connectivity index (χ3n) is 3.22. The Hall–Kier alpha value is -1.81. The first-order valence-corrected chi connectivity index (χ1v) is 7.80. The zero-order valence-corrected chi connectivity index (χ0v) is 13.6. The third kappa shape index (κ3) is 4.33. The minimum absolute atomic E-state index is 0.101. The molecule has 0 aliphatic heterocycles. The van der Waals surface area contributed by atoms with Crippen LogP contribution in [0.3, 0.4) is 0 Å². The molecule has 0 aliphatic rings. The van der Waals surface area contributed by atoms with Crippen LogP contribution in [-0.4, -0.2) is 12.5 Å². The van der Waals surface area contributed by atoms with Gasteiger partial charge in [0, 0.05) is 22.4 Å². The quantitative estimate of drug-likeness (QED) is 0.831. The SMILES string of the molecule is CCCN(C(=O)Cc1ccc(Br)cc1)c1ccc(N)cc1. The van der Waals surface area contributed by atoms with Crippen LogP contribution in [0.5, 0.6) is 0 Å². The molecule has 110 valence electrons. The number of carbonyl (C=O) groups excluding carboxylic acids is 1. The topological polar surface area (TPSA) is 46.3 Å². The summed E-state index contributed by atoms with van der Waals surface area (Å²) in [6.45, 7) is 2.77. The minimum atomic E-state index is 0.101. The van der Waals surface area contributed by atoms with E-state index in [9.17, 15) is 4.79 Å². The number of nitrogen functional groups attached to an aromatic ring is 1. The number of hydrogen-bond donors (Lipinski definition) is 1. The molecule has 0 fully saturated rings. The zero-order chi connectivity index (χ0) is 15.2. The van der Waals surface area contributed by atoms with Gasteiger partial charge in [0.2, 0.25) is 5.91 Å². The van der Waals surface area contributed by atoms with Gasteiger partial charge in [0.05, 0.1) is 6.42 Å². The van der Waals surface area contributed by atoms with E-state index < -0.39 is 0 Å². The molecule has 0 heterocycles. The lowest BCUT2D eigenvalue weighted by Crippen LogP contribution is -2.32. The Balaban J connectivity index is 2.15. The summed E-state index contributed by atoms with van der Waals surface area (Å²) in [5, 5.41) is 0. The van der Waals surface area contributed by atoms with Gasteiger partial charge in [0.1, 0.15) is 0 Å². The molecule has 0 bridgehead atoms. The van der Waals surface area contributed by atoms with E-state index in [-0.39, 0.29) is 5.91 Å². The Morgan fingerprint density at radius 2 is 1.71 bits per heavy atom. The van der Waals surface area contributed by atoms with Crippen molar-refractivity contribution in [1.82, 2.24) is 0 Å². The number of benzene rings is 2. The summed E-state index contributed by atoms with van der Waals surface area (Å²) < 4.78 is 1.02. The maximum atomic E-state index is 12.6. The second-order valence-electron chi connectivity index (χ2n) is 4.94. The predicted molar refractivity (Wildman–Crippen MR) is 91.3 cm³/mol. The molecule has 0 saturated carbocycles. The summed E-state index contributed by atoms with van der Waals surface area (Å²) in [7, 11) is 0. The van der Waals surface area contributed by atoms with Crippen LogP contribution in [0.2, 0.25) is 0 Å². The fourth-order valence-electron chi connectivity index (χ4n) is 2.15. The number of halogens is 1. The number of hydrogen-bond acceptors (Lipinski definition) is 2. The van der Waals surface area contributed by atoms with Gasteiger partial charge in [-0.3, -0.25) is 4.79 Å². The van der Waals surface area contributed by atoms with Crippen molar-refractivity contribution in [2.45, 2.75) is 19.8 Å². The first kappa shape index (κ1) is 15.6. The predicted octanol–water partition coefficient (Wildman–Crippen LogP) is 4.02. The van der Waals surface area contributed by atoms with E-state index in [0.717, 1.165) is 22.1 Å². The molecule has 0 saturated heterocycles. The Kier molecular flexibility index (Phi) is 5.39. The maximum absolute atomic E-state index is 12.6. The molecule has 0 aromatic heterocycles. The molecule has 0 radical (unpaired) electrons. The summed E-state index contributed by atoms with van der Waals surface area (Å²) in [5.74, 6) is 0.101. The normalized spacial score (nSPS) is 10.4.